The number of aryl methyl sites for hydroxylation is 1. The van der Waals surface area contributed by atoms with Gasteiger partial charge in [-0.05, 0) is 54.5 Å². The van der Waals surface area contributed by atoms with E-state index in [1.54, 1.807) is 6.07 Å². The lowest BCUT2D eigenvalue weighted by Gasteiger charge is -2.19. The van der Waals surface area contributed by atoms with Crippen LogP contribution in [0.4, 0.5) is 5.69 Å². The van der Waals surface area contributed by atoms with E-state index in [-0.39, 0.29) is 11.4 Å². The minimum atomic E-state index is -0.316. The average molecular weight is 370 g/mol. The Bertz CT molecular complexity index is 745. The summed E-state index contributed by atoms with van der Waals surface area (Å²) in [6.07, 6.45) is 1.89. The van der Waals surface area contributed by atoms with E-state index in [1.165, 1.54) is 12.7 Å². The van der Waals surface area contributed by atoms with Crippen LogP contribution in [0.5, 0.6) is 5.75 Å². The van der Waals surface area contributed by atoms with E-state index in [4.69, 9.17) is 9.47 Å². The van der Waals surface area contributed by atoms with Gasteiger partial charge in [-0.25, -0.2) is 4.79 Å². The molecule has 2 aromatic carbocycles. The highest BCUT2D eigenvalue weighted by Gasteiger charge is 2.14. The van der Waals surface area contributed by atoms with Gasteiger partial charge in [0, 0.05) is 6.54 Å². The van der Waals surface area contributed by atoms with Crippen LogP contribution < -0.4 is 10.1 Å². The van der Waals surface area contributed by atoms with Crippen molar-refractivity contribution < 1.29 is 14.3 Å². The van der Waals surface area contributed by atoms with Crippen LogP contribution in [0.2, 0.25) is 0 Å². The zero-order valence-electron chi connectivity index (χ0n) is 17.1. The third kappa shape index (κ3) is 6.02. The number of unbranched alkanes of at least 4 members (excludes halogenated alkanes) is 1. The van der Waals surface area contributed by atoms with Crippen molar-refractivity contribution in [1.82, 2.24) is 0 Å². The number of carbonyl (C=O) groups is 1. The van der Waals surface area contributed by atoms with Gasteiger partial charge in [-0.3, -0.25) is 0 Å². The second-order valence-corrected chi connectivity index (χ2v) is 7.75. The minimum Gasteiger partial charge on any atom is -0.494 e. The van der Waals surface area contributed by atoms with Crippen molar-refractivity contribution in [2.75, 3.05) is 25.6 Å². The van der Waals surface area contributed by atoms with Crippen molar-refractivity contribution >= 4 is 11.7 Å². The summed E-state index contributed by atoms with van der Waals surface area (Å²) in [5, 5.41) is 3.36. The summed E-state index contributed by atoms with van der Waals surface area (Å²) in [4.78, 5) is 11.9. The predicted molar refractivity (Wildman–Crippen MR) is 111 cm³/mol. The Hall–Kier alpha value is -2.49. The van der Waals surface area contributed by atoms with Crippen molar-refractivity contribution in [3.8, 4) is 5.75 Å². The van der Waals surface area contributed by atoms with Crippen molar-refractivity contribution in [3.63, 3.8) is 0 Å². The summed E-state index contributed by atoms with van der Waals surface area (Å²) >= 11 is 0. The summed E-state index contributed by atoms with van der Waals surface area (Å²) in [5.74, 6) is 0.589. The molecule has 27 heavy (non-hydrogen) atoms. The Labute approximate surface area is 162 Å². The normalized spacial score (nSPS) is 11.1. The first-order valence-corrected chi connectivity index (χ1v) is 9.48. The summed E-state index contributed by atoms with van der Waals surface area (Å²) in [5.41, 5.74) is 3.92. The van der Waals surface area contributed by atoms with Crippen LogP contribution in [-0.2, 0) is 10.2 Å². The SMILES string of the molecule is COC(=O)c1cccc(C)c1NCCCCOc1ccc(C(C)(C)C)cc1. The quantitative estimate of drug-likeness (QED) is 0.503. The first-order valence-electron chi connectivity index (χ1n) is 9.48. The van der Waals surface area contributed by atoms with E-state index in [0.29, 0.717) is 12.2 Å². The smallest absolute Gasteiger partial charge is 0.339 e. The van der Waals surface area contributed by atoms with Crippen molar-refractivity contribution in [2.24, 2.45) is 0 Å². The number of carbonyl (C=O) groups excluding carboxylic acids is 1. The molecule has 0 unspecified atom stereocenters. The molecule has 0 bridgehead atoms. The van der Waals surface area contributed by atoms with Gasteiger partial charge in [0.1, 0.15) is 5.75 Å². The van der Waals surface area contributed by atoms with E-state index >= 15 is 0 Å². The van der Waals surface area contributed by atoms with Gasteiger partial charge in [-0.15, -0.1) is 0 Å². The summed E-state index contributed by atoms with van der Waals surface area (Å²) in [6.45, 7) is 10.1. The molecule has 0 amide bonds. The number of esters is 1. The Morgan fingerprint density at radius 1 is 1.04 bits per heavy atom. The Balaban J connectivity index is 1.76. The van der Waals surface area contributed by atoms with E-state index in [1.807, 2.05) is 31.2 Å². The molecule has 4 nitrogen and oxygen atoms in total. The molecule has 0 radical (unpaired) electrons. The second-order valence-electron chi connectivity index (χ2n) is 7.75. The molecular formula is C23H31NO3. The van der Waals surface area contributed by atoms with Crippen molar-refractivity contribution in [1.29, 1.82) is 0 Å². The van der Waals surface area contributed by atoms with Crippen LogP contribution in [0.15, 0.2) is 42.5 Å². The lowest BCUT2D eigenvalue weighted by atomic mass is 9.87. The van der Waals surface area contributed by atoms with Crippen LogP contribution in [0.25, 0.3) is 0 Å². The van der Waals surface area contributed by atoms with Crippen LogP contribution in [0, 0.1) is 6.92 Å². The zero-order chi connectivity index (χ0) is 19.9. The number of anilines is 1. The molecule has 0 aliphatic rings. The maximum absolute atomic E-state index is 11.9. The van der Waals surface area contributed by atoms with Crippen LogP contribution in [0.3, 0.4) is 0 Å². The number of hydrogen-bond acceptors (Lipinski definition) is 4. The monoisotopic (exact) mass is 369 g/mol. The lowest BCUT2D eigenvalue weighted by Crippen LogP contribution is -2.11. The Morgan fingerprint density at radius 3 is 2.37 bits per heavy atom. The second kappa shape index (κ2) is 9.45. The summed E-state index contributed by atoms with van der Waals surface area (Å²) in [6, 6.07) is 14.0. The highest BCUT2D eigenvalue weighted by Crippen LogP contribution is 2.24. The van der Waals surface area contributed by atoms with Gasteiger partial charge in [0.05, 0.1) is 25.0 Å². The maximum Gasteiger partial charge on any atom is 0.339 e. The Morgan fingerprint density at radius 2 is 1.74 bits per heavy atom. The third-order valence-electron chi connectivity index (χ3n) is 4.54. The largest absolute Gasteiger partial charge is 0.494 e. The highest BCUT2D eigenvalue weighted by atomic mass is 16.5. The van der Waals surface area contributed by atoms with Gasteiger partial charge in [0.2, 0.25) is 0 Å². The fraction of sp³-hybridized carbons (Fsp3) is 0.435. The van der Waals surface area contributed by atoms with Gasteiger partial charge in [-0.1, -0.05) is 45.0 Å². The van der Waals surface area contributed by atoms with E-state index in [0.717, 1.165) is 36.4 Å². The van der Waals surface area contributed by atoms with Gasteiger partial charge in [0.15, 0.2) is 0 Å². The molecule has 4 heteroatoms. The number of ether oxygens (including phenoxy) is 2. The maximum atomic E-state index is 11.9. The van der Waals surface area contributed by atoms with Gasteiger partial charge >= 0.3 is 5.97 Å². The molecular weight excluding hydrogens is 338 g/mol. The summed E-state index contributed by atoms with van der Waals surface area (Å²) in [7, 11) is 1.40. The number of nitrogens with one attached hydrogen (secondary N) is 1. The highest BCUT2D eigenvalue weighted by molar-refractivity contribution is 5.96. The summed E-state index contributed by atoms with van der Waals surface area (Å²) < 4.78 is 10.7. The molecule has 1 N–H and O–H groups in total. The molecule has 0 saturated heterocycles. The van der Waals surface area contributed by atoms with Gasteiger partial charge in [-0.2, -0.15) is 0 Å². The Kier molecular flexibility index (Phi) is 7.28. The van der Waals surface area contributed by atoms with Crippen LogP contribution in [-0.4, -0.2) is 26.2 Å². The number of methoxy groups -OCH3 is 1. The molecule has 0 aliphatic carbocycles. The molecule has 0 spiro atoms. The number of para-hydroxylation sites is 1. The van der Waals surface area contributed by atoms with E-state index < -0.39 is 0 Å². The minimum absolute atomic E-state index is 0.156. The molecule has 146 valence electrons. The van der Waals surface area contributed by atoms with Gasteiger partial charge in [0.25, 0.3) is 0 Å². The topological polar surface area (TPSA) is 47.6 Å². The number of rotatable bonds is 8. The predicted octanol–water partition coefficient (Wildman–Crippen LogP) is 5.35. The molecule has 0 fully saturated rings. The van der Waals surface area contributed by atoms with E-state index in [2.05, 4.69) is 38.2 Å². The zero-order valence-corrected chi connectivity index (χ0v) is 17.1. The molecule has 0 aliphatic heterocycles. The van der Waals surface area contributed by atoms with Crippen LogP contribution in [0.1, 0.15) is 55.1 Å². The van der Waals surface area contributed by atoms with Crippen molar-refractivity contribution in [2.45, 2.75) is 46.0 Å². The first kappa shape index (κ1) is 20.8. The molecule has 0 heterocycles. The standard InChI is InChI=1S/C23H31NO3/c1-17-9-8-10-20(22(25)26-5)21(17)24-15-6-7-16-27-19-13-11-18(12-14-19)23(2,3)4/h8-14,24H,6-7,15-16H2,1-5H3. The molecule has 2 aromatic rings. The molecule has 0 atom stereocenters. The van der Waals surface area contributed by atoms with Crippen molar-refractivity contribution in [3.05, 3.63) is 59.2 Å². The fourth-order valence-corrected chi connectivity index (χ4v) is 2.86. The fourth-order valence-electron chi connectivity index (χ4n) is 2.86. The number of hydrogen-bond donors (Lipinski definition) is 1. The third-order valence-corrected chi connectivity index (χ3v) is 4.54. The average Bonchev–Trinajstić information content (AvgIpc) is 2.64. The van der Waals surface area contributed by atoms with Crippen LogP contribution >= 0.6 is 0 Å². The molecule has 2 rings (SSSR count). The lowest BCUT2D eigenvalue weighted by molar-refractivity contribution is 0.0601. The number of benzene rings is 2. The first-order chi connectivity index (χ1) is 12.8. The molecule has 0 saturated carbocycles. The van der Waals surface area contributed by atoms with E-state index in [9.17, 15) is 4.79 Å². The van der Waals surface area contributed by atoms with Gasteiger partial charge < -0.3 is 14.8 Å². The molecule has 0 aromatic heterocycles.